The minimum Gasteiger partial charge on any atom is -0.477 e. The molecule has 1 aromatic heterocycles. The molecule has 3 nitrogen and oxygen atoms in total. The summed E-state index contributed by atoms with van der Waals surface area (Å²) in [6.07, 6.45) is 0.107. The van der Waals surface area contributed by atoms with Gasteiger partial charge in [-0.25, -0.2) is 4.79 Å². The Balaban J connectivity index is 2.05. The van der Waals surface area contributed by atoms with Crippen LogP contribution in [-0.2, 0) is 6.42 Å². The van der Waals surface area contributed by atoms with Crippen molar-refractivity contribution in [3.05, 3.63) is 70.6 Å². The van der Waals surface area contributed by atoms with E-state index in [1.54, 1.807) is 24.3 Å². The van der Waals surface area contributed by atoms with Gasteiger partial charge >= 0.3 is 5.97 Å². The summed E-state index contributed by atoms with van der Waals surface area (Å²) in [6.45, 7) is 0. The Labute approximate surface area is 125 Å². The Morgan fingerprint density at radius 3 is 2.33 bits per heavy atom. The molecule has 3 rings (SSSR count). The number of carbonyl (C=O) groups excluding carboxylic acids is 1. The molecule has 21 heavy (non-hydrogen) atoms. The molecule has 3 aromatic rings. The predicted octanol–water partition coefficient (Wildman–Crippen LogP) is 4.02. The molecular formula is C17H12O3S. The molecule has 0 radical (unpaired) electrons. The second kappa shape index (κ2) is 5.50. The lowest BCUT2D eigenvalue weighted by atomic mass is 10.0. The number of benzene rings is 2. The van der Waals surface area contributed by atoms with E-state index < -0.39 is 5.97 Å². The van der Waals surface area contributed by atoms with E-state index in [2.05, 4.69) is 0 Å². The molecule has 0 bridgehead atoms. The van der Waals surface area contributed by atoms with Crippen LogP contribution < -0.4 is 0 Å². The molecular weight excluding hydrogens is 284 g/mol. The SMILES string of the molecule is O=C(Cc1c(C(=O)O)sc2ccccc12)c1ccccc1. The van der Waals surface area contributed by atoms with Crippen LogP contribution in [-0.4, -0.2) is 16.9 Å². The van der Waals surface area contributed by atoms with E-state index in [9.17, 15) is 14.7 Å². The third kappa shape index (κ3) is 2.58. The van der Waals surface area contributed by atoms with Crippen molar-refractivity contribution in [2.75, 3.05) is 0 Å². The largest absolute Gasteiger partial charge is 0.477 e. The maximum absolute atomic E-state index is 12.3. The van der Waals surface area contributed by atoms with E-state index in [-0.39, 0.29) is 17.1 Å². The lowest BCUT2D eigenvalue weighted by Gasteiger charge is -2.02. The van der Waals surface area contributed by atoms with Crippen molar-refractivity contribution in [2.24, 2.45) is 0 Å². The normalized spacial score (nSPS) is 10.7. The van der Waals surface area contributed by atoms with Gasteiger partial charge in [0.1, 0.15) is 4.88 Å². The molecule has 0 amide bonds. The zero-order chi connectivity index (χ0) is 14.8. The van der Waals surface area contributed by atoms with E-state index in [1.807, 2.05) is 30.3 Å². The van der Waals surface area contributed by atoms with Crippen LogP contribution in [0.15, 0.2) is 54.6 Å². The third-order valence-corrected chi connectivity index (χ3v) is 4.53. The maximum Gasteiger partial charge on any atom is 0.346 e. The fourth-order valence-corrected chi connectivity index (χ4v) is 3.39. The second-order valence-electron chi connectivity index (χ2n) is 4.68. The predicted molar refractivity (Wildman–Crippen MR) is 83.3 cm³/mol. The molecule has 0 saturated heterocycles. The highest BCUT2D eigenvalue weighted by Crippen LogP contribution is 2.32. The lowest BCUT2D eigenvalue weighted by Crippen LogP contribution is -2.06. The molecule has 1 heterocycles. The first-order chi connectivity index (χ1) is 10.2. The monoisotopic (exact) mass is 296 g/mol. The van der Waals surface area contributed by atoms with E-state index >= 15 is 0 Å². The standard InChI is InChI=1S/C17H12O3S/c18-14(11-6-2-1-3-7-11)10-13-12-8-4-5-9-15(12)21-16(13)17(19)20/h1-9H,10H2,(H,19,20). The average Bonchev–Trinajstić information content (AvgIpc) is 2.87. The number of ketones is 1. The van der Waals surface area contributed by atoms with Gasteiger partial charge in [0.2, 0.25) is 0 Å². The highest BCUT2D eigenvalue weighted by molar-refractivity contribution is 7.21. The van der Waals surface area contributed by atoms with Crippen LogP contribution >= 0.6 is 11.3 Å². The molecule has 0 saturated carbocycles. The first-order valence-corrected chi connectivity index (χ1v) is 7.30. The fraction of sp³-hybridized carbons (Fsp3) is 0.0588. The Morgan fingerprint density at radius 2 is 1.62 bits per heavy atom. The second-order valence-corrected chi connectivity index (χ2v) is 5.73. The van der Waals surface area contributed by atoms with Crippen molar-refractivity contribution in [3.8, 4) is 0 Å². The highest BCUT2D eigenvalue weighted by Gasteiger charge is 2.20. The van der Waals surface area contributed by atoms with Crippen molar-refractivity contribution in [1.29, 1.82) is 0 Å². The van der Waals surface area contributed by atoms with Crippen LogP contribution in [0.5, 0.6) is 0 Å². The topological polar surface area (TPSA) is 54.4 Å². The number of hydrogen-bond acceptors (Lipinski definition) is 3. The summed E-state index contributed by atoms with van der Waals surface area (Å²) in [6, 6.07) is 16.4. The quantitative estimate of drug-likeness (QED) is 0.740. The summed E-state index contributed by atoms with van der Waals surface area (Å²) in [4.78, 5) is 24.0. The smallest absolute Gasteiger partial charge is 0.346 e. The molecule has 2 aromatic carbocycles. The fourth-order valence-electron chi connectivity index (χ4n) is 2.33. The lowest BCUT2D eigenvalue weighted by molar-refractivity contribution is 0.0701. The highest BCUT2D eigenvalue weighted by atomic mass is 32.1. The summed E-state index contributed by atoms with van der Waals surface area (Å²) in [5.41, 5.74) is 1.21. The minimum atomic E-state index is -0.980. The molecule has 4 heteroatoms. The maximum atomic E-state index is 12.3. The number of carbonyl (C=O) groups is 2. The van der Waals surface area contributed by atoms with Crippen LogP contribution in [0.2, 0.25) is 0 Å². The molecule has 0 fully saturated rings. The molecule has 0 spiro atoms. The van der Waals surface area contributed by atoms with Crippen molar-refractivity contribution in [1.82, 2.24) is 0 Å². The number of Topliss-reactive ketones (excluding diaryl/α,β-unsaturated/α-hetero) is 1. The first kappa shape index (κ1) is 13.5. The van der Waals surface area contributed by atoms with Crippen molar-refractivity contribution >= 4 is 33.2 Å². The molecule has 0 atom stereocenters. The van der Waals surface area contributed by atoms with Gasteiger partial charge in [0.05, 0.1) is 0 Å². The summed E-state index contributed by atoms with van der Waals surface area (Å²) in [7, 11) is 0. The molecule has 0 aliphatic rings. The van der Waals surface area contributed by atoms with Gasteiger partial charge in [-0.3, -0.25) is 4.79 Å². The minimum absolute atomic E-state index is 0.0679. The zero-order valence-electron chi connectivity index (χ0n) is 11.1. The van der Waals surface area contributed by atoms with Crippen molar-refractivity contribution in [3.63, 3.8) is 0 Å². The van der Waals surface area contributed by atoms with Crippen LogP contribution in [0.25, 0.3) is 10.1 Å². The van der Waals surface area contributed by atoms with Gasteiger partial charge in [0.25, 0.3) is 0 Å². The van der Waals surface area contributed by atoms with Crippen molar-refractivity contribution in [2.45, 2.75) is 6.42 Å². The number of hydrogen-bond donors (Lipinski definition) is 1. The number of carboxylic acids is 1. The van der Waals surface area contributed by atoms with E-state index in [0.29, 0.717) is 11.1 Å². The van der Waals surface area contributed by atoms with Gasteiger partial charge in [-0.1, -0.05) is 48.5 Å². The molecule has 1 N–H and O–H groups in total. The summed E-state index contributed by atoms with van der Waals surface area (Å²) in [5, 5.41) is 10.2. The molecule has 0 aliphatic carbocycles. The van der Waals surface area contributed by atoms with E-state index in [0.717, 1.165) is 10.1 Å². The van der Waals surface area contributed by atoms with Gasteiger partial charge in [-0.05, 0) is 17.0 Å². The Morgan fingerprint density at radius 1 is 0.952 bits per heavy atom. The van der Waals surface area contributed by atoms with Gasteiger partial charge < -0.3 is 5.11 Å². The Kier molecular flexibility index (Phi) is 3.54. The average molecular weight is 296 g/mol. The van der Waals surface area contributed by atoms with Gasteiger partial charge in [-0.15, -0.1) is 11.3 Å². The van der Waals surface area contributed by atoms with Crippen LogP contribution in [0.4, 0.5) is 0 Å². The van der Waals surface area contributed by atoms with Crippen LogP contribution in [0, 0.1) is 0 Å². The van der Waals surface area contributed by atoms with Gasteiger partial charge in [-0.2, -0.15) is 0 Å². The third-order valence-electron chi connectivity index (χ3n) is 3.33. The van der Waals surface area contributed by atoms with Crippen LogP contribution in [0.1, 0.15) is 25.6 Å². The summed E-state index contributed by atoms with van der Waals surface area (Å²) in [5.74, 6) is -1.05. The molecule has 0 aliphatic heterocycles. The number of fused-ring (bicyclic) bond motifs is 1. The van der Waals surface area contributed by atoms with E-state index in [4.69, 9.17) is 0 Å². The number of rotatable bonds is 4. The van der Waals surface area contributed by atoms with Crippen molar-refractivity contribution < 1.29 is 14.7 Å². The van der Waals surface area contributed by atoms with E-state index in [1.165, 1.54) is 11.3 Å². The van der Waals surface area contributed by atoms with Crippen LogP contribution in [0.3, 0.4) is 0 Å². The van der Waals surface area contributed by atoms with Gasteiger partial charge in [0, 0.05) is 16.7 Å². The number of carboxylic acid groups (broad SMARTS) is 1. The molecule has 104 valence electrons. The van der Waals surface area contributed by atoms with Gasteiger partial charge in [0.15, 0.2) is 5.78 Å². The zero-order valence-corrected chi connectivity index (χ0v) is 11.9. The number of thiophene rings is 1. The Hall–Kier alpha value is -2.46. The first-order valence-electron chi connectivity index (χ1n) is 6.49. The summed E-state index contributed by atoms with van der Waals surface area (Å²) >= 11 is 1.22. The number of aromatic carboxylic acids is 1. The molecule has 0 unspecified atom stereocenters. The summed E-state index contributed by atoms with van der Waals surface area (Å²) < 4.78 is 0.894. The Bertz CT molecular complexity index is 818.